The molecular formula is C12H11FN2O. The van der Waals surface area contributed by atoms with Gasteiger partial charge >= 0.3 is 6.16 Å². The molecule has 1 aromatic heterocycles. The quantitative estimate of drug-likeness (QED) is 0.535. The first kappa shape index (κ1) is 9.39. The van der Waals surface area contributed by atoms with Crippen LogP contribution in [0.25, 0.3) is 10.9 Å². The number of halogens is 1. The molecule has 1 aliphatic heterocycles. The molecule has 0 atom stereocenters. The Kier molecular flexibility index (Phi) is 1.96. The van der Waals surface area contributed by atoms with E-state index in [9.17, 15) is 9.18 Å². The molecule has 0 aliphatic carbocycles. The molecule has 0 saturated carbocycles. The van der Waals surface area contributed by atoms with Gasteiger partial charge < -0.3 is 9.88 Å². The molecule has 1 amide bonds. The van der Waals surface area contributed by atoms with Gasteiger partial charge in [0.15, 0.2) is 0 Å². The minimum Gasteiger partial charge on any atom is -0.357 e. The van der Waals surface area contributed by atoms with Crippen molar-refractivity contribution >= 4 is 17.1 Å². The zero-order valence-corrected chi connectivity index (χ0v) is 8.66. The largest absolute Gasteiger partial charge is 0.400 e. The molecule has 0 fully saturated rings. The molecule has 0 saturated heterocycles. The third kappa shape index (κ3) is 1.30. The number of aromatic nitrogens is 1. The molecule has 1 aromatic carbocycles. The van der Waals surface area contributed by atoms with Crippen molar-refractivity contribution in [3.63, 3.8) is 0 Å². The fourth-order valence-corrected chi connectivity index (χ4v) is 2.34. The highest BCUT2D eigenvalue weighted by Gasteiger charge is 2.23. The Labute approximate surface area is 91.9 Å². The maximum Gasteiger partial charge on any atom is 0.400 e. The molecule has 3 nitrogen and oxygen atoms in total. The van der Waals surface area contributed by atoms with Gasteiger partial charge in [-0.05, 0) is 18.1 Å². The van der Waals surface area contributed by atoms with Gasteiger partial charge in [0, 0.05) is 23.1 Å². The topological polar surface area (TPSA) is 36.1 Å². The van der Waals surface area contributed by atoms with Crippen molar-refractivity contribution in [2.75, 3.05) is 6.54 Å². The molecule has 1 N–H and O–H groups in total. The second kappa shape index (κ2) is 3.33. The summed E-state index contributed by atoms with van der Waals surface area (Å²) < 4.78 is 12.6. The van der Waals surface area contributed by atoms with Crippen LogP contribution in [-0.4, -0.2) is 22.6 Å². The van der Waals surface area contributed by atoms with Gasteiger partial charge in [-0.1, -0.05) is 18.2 Å². The van der Waals surface area contributed by atoms with Crippen LogP contribution in [0.3, 0.4) is 0 Å². The monoisotopic (exact) mass is 218 g/mol. The number of fused-ring (bicyclic) bond motifs is 3. The number of carbonyl (C=O) groups is 1. The van der Waals surface area contributed by atoms with E-state index in [2.05, 4.69) is 11.1 Å². The number of carbonyl (C=O) groups excluding carboxylic acids is 1. The Morgan fingerprint density at radius 3 is 3.00 bits per heavy atom. The van der Waals surface area contributed by atoms with Crippen LogP contribution in [0, 0.1) is 0 Å². The second-order valence-electron chi connectivity index (χ2n) is 4.05. The third-order valence-electron chi connectivity index (χ3n) is 3.13. The molecule has 4 heteroatoms. The fourth-order valence-electron chi connectivity index (χ4n) is 2.34. The van der Waals surface area contributed by atoms with Gasteiger partial charge in [0.25, 0.3) is 0 Å². The van der Waals surface area contributed by atoms with Gasteiger partial charge in [-0.15, -0.1) is 4.39 Å². The second-order valence-corrected chi connectivity index (χ2v) is 4.05. The van der Waals surface area contributed by atoms with Crippen LogP contribution in [0.4, 0.5) is 9.18 Å². The normalized spacial score (nSPS) is 15.2. The Morgan fingerprint density at radius 1 is 1.38 bits per heavy atom. The Balaban J connectivity index is 2.09. The third-order valence-corrected chi connectivity index (χ3v) is 3.13. The van der Waals surface area contributed by atoms with E-state index in [1.54, 1.807) is 0 Å². The van der Waals surface area contributed by atoms with Crippen LogP contribution in [-0.2, 0) is 13.0 Å². The molecule has 2 aromatic rings. The summed E-state index contributed by atoms with van der Waals surface area (Å²) in [5.74, 6) is 0. The number of aromatic amines is 1. The van der Waals surface area contributed by atoms with Crippen molar-refractivity contribution < 1.29 is 9.18 Å². The molecule has 16 heavy (non-hydrogen) atoms. The highest BCUT2D eigenvalue weighted by atomic mass is 19.1. The summed E-state index contributed by atoms with van der Waals surface area (Å²) in [6.45, 7) is 0.809. The minimum atomic E-state index is -1.34. The van der Waals surface area contributed by atoms with Crippen molar-refractivity contribution in [1.82, 2.24) is 9.88 Å². The zero-order chi connectivity index (χ0) is 11.1. The molecule has 2 heterocycles. The predicted molar refractivity (Wildman–Crippen MR) is 58.9 cm³/mol. The highest BCUT2D eigenvalue weighted by molar-refractivity contribution is 5.85. The number of nitrogens with zero attached hydrogens (tertiary/aromatic N) is 1. The average molecular weight is 218 g/mol. The maximum absolute atomic E-state index is 12.6. The lowest BCUT2D eigenvalue weighted by molar-refractivity contribution is 0.168. The van der Waals surface area contributed by atoms with E-state index in [-0.39, 0.29) is 0 Å². The first-order chi connectivity index (χ1) is 7.75. The Morgan fingerprint density at radius 2 is 2.19 bits per heavy atom. The van der Waals surface area contributed by atoms with Gasteiger partial charge in [-0.3, -0.25) is 0 Å². The van der Waals surface area contributed by atoms with E-state index in [4.69, 9.17) is 0 Å². The summed E-state index contributed by atoms with van der Waals surface area (Å²) >= 11 is 0. The zero-order valence-electron chi connectivity index (χ0n) is 8.66. The van der Waals surface area contributed by atoms with E-state index in [1.165, 1.54) is 15.8 Å². The lowest BCUT2D eigenvalue weighted by Crippen LogP contribution is -2.32. The van der Waals surface area contributed by atoms with Gasteiger partial charge in [0.1, 0.15) is 0 Å². The summed E-state index contributed by atoms with van der Waals surface area (Å²) in [4.78, 5) is 15.1. The van der Waals surface area contributed by atoms with Gasteiger partial charge in [-0.25, -0.2) is 4.79 Å². The van der Waals surface area contributed by atoms with E-state index in [0.717, 1.165) is 17.6 Å². The smallest absolute Gasteiger partial charge is 0.357 e. The van der Waals surface area contributed by atoms with Crippen molar-refractivity contribution in [2.24, 2.45) is 0 Å². The van der Waals surface area contributed by atoms with E-state index >= 15 is 0 Å². The maximum atomic E-state index is 12.6. The Hall–Kier alpha value is -1.84. The minimum absolute atomic E-state index is 0.347. The predicted octanol–water partition coefficient (Wildman–Crippen LogP) is 2.62. The van der Waals surface area contributed by atoms with Crippen LogP contribution in [0.15, 0.2) is 24.3 Å². The molecule has 1 aliphatic rings. The number of H-pyrrole nitrogens is 1. The number of para-hydroxylation sites is 1. The number of rotatable bonds is 0. The van der Waals surface area contributed by atoms with Gasteiger partial charge in [0.2, 0.25) is 0 Å². The molecular weight excluding hydrogens is 207 g/mol. The molecule has 0 spiro atoms. The lowest BCUT2D eigenvalue weighted by Gasteiger charge is -2.23. The number of hydrogen-bond donors (Lipinski definition) is 1. The molecule has 0 radical (unpaired) electrons. The number of hydrogen-bond acceptors (Lipinski definition) is 1. The number of benzene rings is 1. The fraction of sp³-hybridized carbons (Fsp3) is 0.250. The van der Waals surface area contributed by atoms with Crippen molar-refractivity contribution in [2.45, 2.75) is 13.0 Å². The van der Waals surface area contributed by atoms with E-state index < -0.39 is 6.16 Å². The van der Waals surface area contributed by atoms with Crippen LogP contribution in [0.1, 0.15) is 11.3 Å². The average Bonchev–Trinajstić information content (AvgIpc) is 2.66. The van der Waals surface area contributed by atoms with Crippen molar-refractivity contribution in [1.29, 1.82) is 0 Å². The Bertz CT molecular complexity index is 561. The van der Waals surface area contributed by atoms with Crippen LogP contribution in [0.5, 0.6) is 0 Å². The molecule has 82 valence electrons. The molecule has 0 bridgehead atoms. The van der Waals surface area contributed by atoms with E-state index in [0.29, 0.717) is 13.1 Å². The first-order valence-corrected chi connectivity index (χ1v) is 5.28. The number of amides is 1. The first-order valence-electron chi connectivity index (χ1n) is 5.28. The SMILES string of the molecule is O=C(F)N1CCc2c([nH]c3ccccc23)C1. The van der Waals surface area contributed by atoms with Crippen LogP contribution in [0.2, 0.25) is 0 Å². The lowest BCUT2D eigenvalue weighted by atomic mass is 10.0. The summed E-state index contributed by atoms with van der Waals surface area (Å²) in [6.07, 6.45) is -0.626. The summed E-state index contributed by atoms with van der Waals surface area (Å²) in [5.41, 5.74) is 3.23. The standard InChI is InChI=1S/C12H11FN2O/c13-12(16)15-6-5-9-8-3-1-2-4-10(8)14-11(9)7-15/h1-4,14H,5-7H2. The van der Waals surface area contributed by atoms with Crippen molar-refractivity contribution in [3.05, 3.63) is 35.5 Å². The summed E-state index contributed by atoms with van der Waals surface area (Å²) in [7, 11) is 0. The van der Waals surface area contributed by atoms with Crippen LogP contribution < -0.4 is 0 Å². The number of nitrogens with one attached hydrogen (secondary N) is 1. The van der Waals surface area contributed by atoms with E-state index in [1.807, 2.05) is 18.2 Å². The summed E-state index contributed by atoms with van der Waals surface area (Å²) in [5, 5.41) is 1.18. The summed E-state index contributed by atoms with van der Waals surface area (Å²) in [6, 6.07) is 8.00. The highest BCUT2D eigenvalue weighted by Crippen LogP contribution is 2.27. The molecule has 3 rings (SSSR count). The molecule has 0 unspecified atom stereocenters. The van der Waals surface area contributed by atoms with Gasteiger partial charge in [0.05, 0.1) is 6.54 Å². The van der Waals surface area contributed by atoms with Crippen molar-refractivity contribution in [3.8, 4) is 0 Å². The van der Waals surface area contributed by atoms with Gasteiger partial charge in [-0.2, -0.15) is 0 Å². The van der Waals surface area contributed by atoms with Crippen LogP contribution >= 0.6 is 0 Å².